The van der Waals surface area contributed by atoms with Crippen LogP contribution < -0.4 is 0 Å². The maximum absolute atomic E-state index is 11.0. The second-order valence-corrected chi connectivity index (χ2v) is 3.99. The molecule has 0 bridgehead atoms. The molecule has 0 radical (unpaired) electrons. The highest BCUT2D eigenvalue weighted by atomic mass is 79.9. The van der Waals surface area contributed by atoms with Crippen molar-refractivity contribution in [3.8, 4) is 0 Å². The Balaban J connectivity index is 2.36. The van der Waals surface area contributed by atoms with Gasteiger partial charge in [-0.1, -0.05) is 0 Å². The van der Waals surface area contributed by atoms with E-state index in [0.29, 0.717) is 0 Å². The molecular formula is C8H5BrN6O4. The third-order valence-electron chi connectivity index (χ3n) is 2.10. The van der Waals surface area contributed by atoms with Crippen molar-refractivity contribution in [1.82, 2.24) is 24.7 Å². The first-order valence-electron chi connectivity index (χ1n) is 4.76. The zero-order valence-corrected chi connectivity index (χ0v) is 10.7. The second kappa shape index (κ2) is 5.06. The molecule has 0 spiro atoms. The Morgan fingerprint density at radius 2 is 2.32 bits per heavy atom. The van der Waals surface area contributed by atoms with Crippen LogP contribution in [0.15, 0.2) is 17.3 Å². The summed E-state index contributed by atoms with van der Waals surface area (Å²) in [6.45, 7) is -0.0778. The fourth-order valence-electron chi connectivity index (χ4n) is 1.29. The number of hydrogen-bond acceptors (Lipinski definition) is 7. The molecule has 0 unspecified atom stereocenters. The van der Waals surface area contributed by atoms with Gasteiger partial charge >= 0.3 is 11.9 Å². The van der Waals surface area contributed by atoms with Crippen LogP contribution in [0.1, 0.15) is 16.1 Å². The summed E-state index contributed by atoms with van der Waals surface area (Å²) < 4.78 is 1.24. The van der Waals surface area contributed by atoms with Gasteiger partial charge in [0.05, 0.1) is 5.69 Å². The number of carbonyl (C=O) groups is 1. The van der Waals surface area contributed by atoms with Gasteiger partial charge in [0, 0.05) is 27.2 Å². The first kappa shape index (κ1) is 13.0. The number of hydrogen-bond donors (Lipinski definition) is 1. The van der Waals surface area contributed by atoms with Gasteiger partial charge in [-0.25, -0.2) is 14.8 Å². The number of carboxylic acids is 1. The molecular weight excluding hydrogens is 324 g/mol. The minimum absolute atomic E-state index is 0.0778. The molecule has 0 aromatic carbocycles. The number of halogens is 1. The van der Waals surface area contributed by atoms with Gasteiger partial charge in [0.1, 0.15) is 18.4 Å². The maximum atomic E-state index is 11.0. The van der Waals surface area contributed by atoms with Crippen LogP contribution in [0.25, 0.3) is 0 Å². The molecule has 10 nitrogen and oxygen atoms in total. The Bertz CT molecular complexity index is 656. The van der Waals surface area contributed by atoms with Crippen LogP contribution in [0.5, 0.6) is 0 Å². The number of aromatic nitrogens is 5. The molecule has 1 N–H and O–H groups in total. The zero-order valence-electron chi connectivity index (χ0n) is 9.10. The summed E-state index contributed by atoms with van der Waals surface area (Å²) in [5, 5.41) is 23.1. The summed E-state index contributed by atoms with van der Waals surface area (Å²) in [6, 6.07) is 0. The number of nitrogens with zero attached hydrogens (tertiary/aromatic N) is 6. The van der Waals surface area contributed by atoms with E-state index in [-0.39, 0.29) is 22.5 Å². The zero-order chi connectivity index (χ0) is 14.0. The second-order valence-electron chi connectivity index (χ2n) is 3.28. The molecule has 2 rings (SSSR count). The van der Waals surface area contributed by atoms with Crippen molar-refractivity contribution < 1.29 is 14.8 Å². The molecule has 11 heteroatoms. The predicted molar refractivity (Wildman–Crippen MR) is 62.5 cm³/mol. The largest absolute Gasteiger partial charge is 0.492 e. The quantitative estimate of drug-likeness (QED) is 0.632. The van der Waals surface area contributed by atoms with Gasteiger partial charge < -0.3 is 15.2 Å². The number of carboxylic acid groups (broad SMARTS) is 1. The Morgan fingerprint density at radius 1 is 1.58 bits per heavy atom. The number of aromatic carboxylic acids is 1. The molecule has 0 aliphatic carbocycles. The molecule has 0 aliphatic rings. The Morgan fingerprint density at radius 3 is 2.89 bits per heavy atom. The molecule has 0 fully saturated rings. The highest BCUT2D eigenvalue weighted by Gasteiger charge is 2.21. The SMILES string of the molecule is O=C(O)c1cncnc1Cn1nc([N+](=O)[O-])nc1Br. The summed E-state index contributed by atoms with van der Waals surface area (Å²) in [7, 11) is 0. The summed E-state index contributed by atoms with van der Waals surface area (Å²) >= 11 is 3.00. The van der Waals surface area contributed by atoms with E-state index in [1.807, 2.05) is 0 Å². The third kappa shape index (κ3) is 2.70. The molecule has 2 heterocycles. The Labute approximate surface area is 113 Å². The molecule has 0 aliphatic heterocycles. The van der Waals surface area contributed by atoms with Crippen LogP contribution in [-0.2, 0) is 6.54 Å². The van der Waals surface area contributed by atoms with E-state index >= 15 is 0 Å². The van der Waals surface area contributed by atoms with Gasteiger partial charge in [-0.15, -0.1) is 0 Å². The van der Waals surface area contributed by atoms with Gasteiger partial charge in [-0.05, 0) is 9.91 Å². The van der Waals surface area contributed by atoms with E-state index in [9.17, 15) is 14.9 Å². The normalized spacial score (nSPS) is 10.4. The van der Waals surface area contributed by atoms with Crippen molar-refractivity contribution in [3.05, 3.63) is 38.6 Å². The van der Waals surface area contributed by atoms with E-state index in [0.717, 1.165) is 10.9 Å². The lowest BCUT2D eigenvalue weighted by molar-refractivity contribution is -0.394. The fraction of sp³-hybridized carbons (Fsp3) is 0.125. The van der Waals surface area contributed by atoms with Gasteiger partial charge in [-0.3, -0.25) is 0 Å². The van der Waals surface area contributed by atoms with Crippen molar-refractivity contribution in [2.75, 3.05) is 0 Å². The van der Waals surface area contributed by atoms with Crippen molar-refractivity contribution >= 4 is 27.8 Å². The molecule has 0 saturated heterocycles. The molecule has 2 aromatic heterocycles. The monoisotopic (exact) mass is 328 g/mol. The van der Waals surface area contributed by atoms with Crippen LogP contribution in [-0.4, -0.2) is 40.7 Å². The van der Waals surface area contributed by atoms with Crippen LogP contribution in [0.4, 0.5) is 5.95 Å². The lowest BCUT2D eigenvalue weighted by atomic mass is 10.2. The van der Waals surface area contributed by atoms with Crippen molar-refractivity contribution in [2.45, 2.75) is 6.54 Å². The highest BCUT2D eigenvalue weighted by Crippen LogP contribution is 2.14. The average molecular weight is 329 g/mol. The average Bonchev–Trinajstić information content (AvgIpc) is 2.72. The Hall–Kier alpha value is -2.43. The standard InChI is InChI=1S/C8H5BrN6O4/c9-7-12-8(15(18)19)13-14(7)2-5-4(6(16)17)1-10-3-11-5/h1,3H,2H2,(H,16,17). The molecule has 0 atom stereocenters. The van der Waals surface area contributed by atoms with Crippen LogP contribution in [0.3, 0.4) is 0 Å². The van der Waals surface area contributed by atoms with E-state index in [4.69, 9.17) is 5.11 Å². The topological polar surface area (TPSA) is 137 Å². The van der Waals surface area contributed by atoms with Crippen LogP contribution >= 0.6 is 15.9 Å². The summed E-state index contributed by atoms with van der Waals surface area (Å²) in [6.07, 6.45) is 2.32. The first-order chi connectivity index (χ1) is 8.99. The Kier molecular flexibility index (Phi) is 3.46. The predicted octanol–water partition coefficient (Wildman–Crippen LogP) is 0.485. The van der Waals surface area contributed by atoms with E-state index in [1.54, 1.807) is 0 Å². The van der Waals surface area contributed by atoms with Gasteiger partial charge in [0.25, 0.3) is 4.73 Å². The highest BCUT2D eigenvalue weighted by molar-refractivity contribution is 9.10. The lowest BCUT2D eigenvalue weighted by Gasteiger charge is -2.01. The van der Waals surface area contributed by atoms with Gasteiger partial charge in [0.15, 0.2) is 0 Å². The molecule has 2 aromatic rings. The fourth-order valence-corrected chi connectivity index (χ4v) is 1.65. The smallest absolute Gasteiger partial charge is 0.478 e. The van der Waals surface area contributed by atoms with Gasteiger partial charge in [0.2, 0.25) is 0 Å². The molecule has 0 amide bonds. The first-order valence-corrected chi connectivity index (χ1v) is 5.55. The van der Waals surface area contributed by atoms with Crippen molar-refractivity contribution in [2.24, 2.45) is 0 Å². The van der Waals surface area contributed by atoms with Crippen LogP contribution in [0, 0.1) is 10.1 Å². The third-order valence-corrected chi connectivity index (χ3v) is 2.69. The summed E-state index contributed by atoms with van der Waals surface area (Å²) in [5.74, 6) is -1.78. The van der Waals surface area contributed by atoms with E-state index in [1.165, 1.54) is 6.33 Å². The van der Waals surface area contributed by atoms with Crippen molar-refractivity contribution in [1.29, 1.82) is 0 Å². The van der Waals surface area contributed by atoms with Crippen LogP contribution in [0.2, 0.25) is 0 Å². The number of nitro groups is 1. The number of rotatable bonds is 4. The molecule has 0 saturated carbocycles. The maximum Gasteiger partial charge on any atom is 0.492 e. The minimum atomic E-state index is -1.19. The molecule has 98 valence electrons. The van der Waals surface area contributed by atoms with E-state index < -0.39 is 16.8 Å². The van der Waals surface area contributed by atoms with E-state index in [2.05, 4.69) is 36.0 Å². The van der Waals surface area contributed by atoms with Gasteiger partial charge in [-0.2, -0.15) is 4.68 Å². The minimum Gasteiger partial charge on any atom is -0.478 e. The summed E-state index contributed by atoms with van der Waals surface area (Å²) in [5.41, 5.74) is 0.0653. The molecule has 19 heavy (non-hydrogen) atoms. The lowest BCUT2D eigenvalue weighted by Crippen LogP contribution is -2.11. The van der Waals surface area contributed by atoms with Crippen molar-refractivity contribution in [3.63, 3.8) is 0 Å². The summed E-state index contributed by atoms with van der Waals surface area (Å²) in [4.78, 5) is 31.7.